The zero-order valence-electron chi connectivity index (χ0n) is 26.1. The van der Waals surface area contributed by atoms with E-state index >= 15 is 0 Å². The van der Waals surface area contributed by atoms with E-state index in [0.29, 0.717) is 0 Å². The molecule has 0 saturated carbocycles. The Hall–Kier alpha value is -6.18. The molecule has 4 heterocycles. The fraction of sp³-hybridized carbons (Fsp3) is 0. The van der Waals surface area contributed by atoms with E-state index in [-0.39, 0.29) is 0 Å². The van der Waals surface area contributed by atoms with E-state index in [1.54, 1.807) is 0 Å². The molecule has 0 unspecified atom stereocenters. The molecule has 5 aromatic carbocycles. The van der Waals surface area contributed by atoms with Gasteiger partial charge in [0.25, 0.3) is 0 Å². The van der Waals surface area contributed by atoms with Gasteiger partial charge in [0.15, 0.2) is 0 Å². The van der Waals surface area contributed by atoms with E-state index in [1.807, 2.05) is 49.4 Å². The largest absolute Gasteiger partial charge is 0.309 e. The minimum Gasteiger partial charge on any atom is -0.309 e. The lowest BCUT2D eigenvalue weighted by atomic mass is 10.1. The number of anilines is 6. The van der Waals surface area contributed by atoms with E-state index in [4.69, 9.17) is 4.98 Å². The lowest BCUT2D eigenvalue weighted by molar-refractivity contribution is 1.24. The molecule has 9 aromatic rings. The Morgan fingerprint density at radius 3 is 1.47 bits per heavy atom. The van der Waals surface area contributed by atoms with Crippen molar-refractivity contribution >= 4 is 93.3 Å². The van der Waals surface area contributed by atoms with Crippen LogP contribution in [-0.4, -0.2) is 19.9 Å². The minimum absolute atomic E-state index is 0.931. The molecular weight excluding hydrogens is 668 g/mol. The molecular formula is C42H27BrN6. The molecule has 49 heavy (non-hydrogen) atoms. The van der Waals surface area contributed by atoms with Crippen LogP contribution in [0.5, 0.6) is 0 Å². The third-order valence-electron chi connectivity index (χ3n) is 8.95. The Balaban J connectivity index is 1.29. The summed E-state index contributed by atoms with van der Waals surface area (Å²) >= 11 is 4.16. The highest BCUT2D eigenvalue weighted by atomic mass is 79.9. The van der Waals surface area contributed by atoms with Crippen LogP contribution in [0.4, 0.5) is 34.1 Å². The summed E-state index contributed by atoms with van der Waals surface area (Å²) < 4.78 is 0.940. The summed E-state index contributed by atoms with van der Waals surface area (Å²) in [6, 6.07) is 42.6. The zero-order valence-corrected chi connectivity index (χ0v) is 27.7. The van der Waals surface area contributed by atoms with E-state index in [9.17, 15) is 0 Å². The second kappa shape index (κ2) is 12.1. The van der Waals surface area contributed by atoms with Gasteiger partial charge < -0.3 is 9.80 Å². The fourth-order valence-electron chi connectivity index (χ4n) is 6.60. The fourth-order valence-corrected chi connectivity index (χ4v) is 7.22. The monoisotopic (exact) mass is 694 g/mol. The summed E-state index contributed by atoms with van der Waals surface area (Å²) in [6.07, 6.45) is 13.1. The molecule has 6 nitrogen and oxygen atoms in total. The molecule has 0 spiro atoms. The highest BCUT2D eigenvalue weighted by molar-refractivity contribution is 9.10. The van der Waals surface area contributed by atoms with Crippen molar-refractivity contribution in [3.05, 3.63) is 169 Å². The van der Waals surface area contributed by atoms with Gasteiger partial charge in [-0.25, -0.2) is 0 Å². The van der Waals surface area contributed by atoms with Crippen LogP contribution in [0.15, 0.2) is 169 Å². The van der Waals surface area contributed by atoms with Gasteiger partial charge in [-0.15, -0.1) is 0 Å². The average Bonchev–Trinajstić information content (AvgIpc) is 3.16. The molecule has 0 amide bonds. The van der Waals surface area contributed by atoms with Crippen molar-refractivity contribution in [3.8, 4) is 0 Å². The highest BCUT2D eigenvalue weighted by Crippen LogP contribution is 2.48. The molecule has 0 atom stereocenters. The lowest BCUT2D eigenvalue weighted by Crippen LogP contribution is -2.15. The Labute approximate surface area is 291 Å². The molecule has 0 bridgehead atoms. The number of pyridine rings is 4. The summed E-state index contributed by atoms with van der Waals surface area (Å²) in [7, 11) is 0. The van der Waals surface area contributed by atoms with Gasteiger partial charge in [0, 0.05) is 82.0 Å². The molecule has 232 valence electrons. The van der Waals surface area contributed by atoms with Gasteiger partial charge in [-0.3, -0.25) is 19.9 Å². The average molecular weight is 696 g/mol. The number of nitrogens with zero attached hydrogens (tertiary/aromatic N) is 6. The van der Waals surface area contributed by atoms with Crippen molar-refractivity contribution in [3.63, 3.8) is 0 Å². The first-order valence-electron chi connectivity index (χ1n) is 16.0. The van der Waals surface area contributed by atoms with E-state index in [0.717, 1.165) is 81.8 Å². The number of fused-ring (bicyclic) bond motifs is 4. The predicted molar refractivity (Wildman–Crippen MR) is 205 cm³/mol. The standard InChI is InChI=1S/C42H27BrN6/c43-42-40(48(34-12-9-31-25-44-19-15-28(31)22-34)35-13-10-32-26-45-20-16-29(32)23-35)7-2-8-41(42)49(36-14-11-33-27-46-21-17-30(33)24-36)39-6-1-5-38-37(39)4-3-18-47-38/h1-27H. The Morgan fingerprint density at radius 1 is 0.408 bits per heavy atom. The molecule has 9 rings (SSSR count). The van der Waals surface area contributed by atoms with Crippen molar-refractivity contribution in [2.75, 3.05) is 9.80 Å². The van der Waals surface area contributed by atoms with Crippen molar-refractivity contribution < 1.29 is 0 Å². The maximum Gasteiger partial charge on any atom is 0.0723 e. The van der Waals surface area contributed by atoms with Crippen molar-refractivity contribution in [2.45, 2.75) is 0 Å². The van der Waals surface area contributed by atoms with Crippen molar-refractivity contribution in [1.29, 1.82) is 0 Å². The predicted octanol–water partition coefficient (Wildman–Crippen LogP) is 11.6. The number of hydrogen-bond acceptors (Lipinski definition) is 6. The molecule has 0 saturated heterocycles. The molecule has 0 aliphatic rings. The van der Waals surface area contributed by atoms with Gasteiger partial charge in [0.05, 0.1) is 27.1 Å². The molecule has 0 N–H and O–H groups in total. The van der Waals surface area contributed by atoms with Crippen molar-refractivity contribution in [1.82, 2.24) is 19.9 Å². The number of aromatic nitrogens is 4. The van der Waals surface area contributed by atoms with E-state index in [1.165, 1.54) is 0 Å². The molecule has 0 aliphatic heterocycles. The number of hydrogen-bond donors (Lipinski definition) is 0. The molecule has 0 radical (unpaired) electrons. The summed E-state index contributed by atoms with van der Waals surface area (Å²) in [4.78, 5) is 22.3. The molecule has 0 fully saturated rings. The van der Waals surface area contributed by atoms with Gasteiger partial charge >= 0.3 is 0 Å². The SMILES string of the molecule is Brc1c(N(c2ccc3cnccc3c2)c2ccc3cnccc3c2)cccc1N(c1ccc2cnccc2c1)c1cccc2ncccc12. The zero-order chi connectivity index (χ0) is 32.7. The number of benzene rings is 5. The Morgan fingerprint density at radius 2 is 0.898 bits per heavy atom. The third kappa shape index (κ3) is 5.21. The van der Waals surface area contributed by atoms with Crippen LogP contribution in [0.25, 0.3) is 43.2 Å². The Bertz CT molecular complexity index is 2590. The van der Waals surface area contributed by atoms with Crippen LogP contribution in [0, 0.1) is 0 Å². The third-order valence-corrected chi connectivity index (χ3v) is 9.76. The second-order valence-electron chi connectivity index (χ2n) is 11.8. The van der Waals surface area contributed by atoms with Crippen LogP contribution < -0.4 is 9.80 Å². The van der Waals surface area contributed by atoms with Gasteiger partial charge in [-0.2, -0.15) is 0 Å². The quantitative estimate of drug-likeness (QED) is 0.173. The molecule has 7 heteroatoms. The smallest absolute Gasteiger partial charge is 0.0723 e. The minimum atomic E-state index is 0.931. The van der Waals surface area contributed by atoms with Gasteiger partial charge in [0.1, 0.15) is 0 Å². The van der Waals surface area contributed by atoms with Gasteiger partial charge in [-0.05, 0) is 123 Å². The maximum absolute atomic E-state index is 4.70. The van der Waals surface area contributed by atoms with Gasteiger partial charge in [-0.1, -0.05) is 30.3 Å². The number of rotatable bonds is 6. The normalized spacial score (nSPS) is 11.4. The Kier molecular flexibility index (Phi) is 7.17. The highest BCUT2D eigenvalue weighted by Gasteiger charge is 2.23. The van der Waals surface area contributed by atoms with Crippen LogP contribution >= 0.6 is 15.9 Å². The first-order valence-corrected chi connectivity index (χ1v) is 16.7. The summed E-state index contributed by atoms with van der Waals surface area (Å²) in [5, 5.41) is 7.66. The van der Waals surface area contributed by atoms with Crippen LogP contribution in [0.1, 0.15) is 0 Å². The number of halogens is 1. The first-order chi connectivity index (χ1) is 24.2. The van der Waals surface area contributed by atoms with Crippen molar-refractivity contribution in [2.24, 2.45) is 0 Å². The van der Waals surface area contributed by atoms with E-state index < -0.39 is 0 Å². The molecule has 4 aromatic heterocycles. The van der Waals surface area contributed by atoms with Crippen LogP contribution in [0.3, 0.4) is 0 Å². The second-order valence-corrected chi connectivity index (χ2v) is 12.6. The first kappa shape index (κ1) is 29.0. The van der Waals surface area contributed by atoms with Crippen LogP contribution in [-0.2, 0) is 0 Å². The van der Waals surface area contributed by atoms with Gasteiger partial charge in [0.2, 0.25) is 0 Å². The van der Waals surface area contributed by atoms with Crippen LogP contribution in [0.2, 0.25) is 0 Å². The lowest BCUT2D eigenvalue weighted by Gasteiger charge is -2.32. The summed E-state index contributed by atoms with van der Waals surface area (Å²) in [6.45, 7) is 0. The van der Waals surface area contributed by atoms with E-state index in [2.05, 4.69) is 156 Å². The summed E-state index contributed by atoms with van der Waals surface area (Å²) in [5.41, 5.74) is 7.03. The molecule has 0 aliphatic carbocycles. The summed E-state index contributed by atoms with van der Waals surface area (Å²) in [5.74, 6) is 0. The topological polar surface area (TPSA) is 58.0 Å². The maximum atomic E-state index is 4.70.